The van der Waals surface area contributed by atoms with Gasteiger partial charge in [-0.3, -0.25) is 0 Å². The maximum absolute atomic E-state index is 4.98. The molecule has 0 saturated heterocycles. The first-order valence-corrected chi connectivity index (χ1v) is 5.97. The third-order valence-electron chi connectivity index (χ3n) is 2.04. The molecule has 5 heteroatoms. The molecular weight excluding hydrogens is 226 g/mol. The molecular formula is C10H11N3S2. The van der Waals surface area contributed by atoms with E-state index in [0.717, 1.165) is 16.6 Å². The minimum atomic E-state index is 0.504. The summed E-state index contributed by atoms with van der Waals surface area (Å²) in [6, 6.07) is 8.22. The maximum atomic E-state index is 4.98. The number of nitrogens with zero attached hydrogens (tertiary/aromatic N) is 1. The van der Waals surface area contributed by atoms with E-state index in [-0.39, 0.29) is 0 Å². The molecule has 1 heterocycles. The number of amidine groups is 1. The molecule has 0 aliphatic carbocycles. The van der Waals surface area contributed by atoms with Gasteiger partial charge in [-0.15, -0.1) is 0 Å². The number of para-hydroxylation sites is 1. The van der Waals surface area contributed by atoms with E-state index in [9.17, 15) is 0 Å². The summed E-state index contributed by atoms with van der Waals surface area (Å²) in [5.74, 6) is 0.939. The zero-order valence-corrected chi connectivity index (χ0v) is 9.91. The lowest BCUT2D eigenvalue weighted by Crippen LogP contribution is -2.20. The van der Waals surface area contributed by atoms with Gasteiger partial charge in [-0.05, 0) is 23.8 Å². The van der Waals surface area contributed by atoms with Crippen LogP contribution in [0.5, 0.6) is 0 Å². The van der Waals surface area contributed by atoms with Crippen molar-refractivity contribution in [3.63, 3.8) is 0 Å². The number of thioether (sulfide) groups is 1. The van der Waals surface area contributed by atoms with Crippen LogP contribution in [0.1, 0.15) is 5.56 Å². The van der Waals surface area contributed by atoms with Crippen molar-refractivity contribution in [2.24, 2.45) is 4.99 Å². The highest BCUT2D eigenvalue weighted by Gasteiger charge is 2.13. The molecule has 0 bridgehead atoms. The van der Waals surface area contributed by atoms with Crippen molar-refractivity contribution in [1.82, 2.24) is 5.32 Å². The molecule has 15 heavy (non-hydrogen) atoms. The highest BCUT2D eigenvalue weighted by molar-refractivity contribution is 8.13. The third-order valence-corrected chi connectivity index (χ3v) is 3.26. The highest BCUT2D eigenvalue weighted by atomic mass is 32.2. The molecule has 0 atom stereocenters. The van der Waals surface area contributed by atoms with Gasteiger partial charge in [0.25, 0.3) is 0 Å². The Kier molecular flexibility index (Phi) is 3.23. The first-order valence-electron chi connectivity index (χ1n) is 4.58. The van der Waals surface area contributed by atoms with E-state index < -0.39 is 0 Å². The lowest BCUT2D eigenvalue weighted by atomic mass is 10.2. The zero-order valence-electron chi connectivity index (χ0n) is 8.28. The molecule has 2 N–H and O–H groups in total. The van der Waals surface area contributed by atoms with Crippen molar-refractivity contribution in [3.8, 4) is 0 Å². The van der Waals surface area contributed by atoms with E-state index in [4.69, 9.17) is 12.2 Å². The zero-order chi connectivity index (χ0) is 10.7. The average Bonchev–Trinajstić information content (AvgIpc) is 2.29. The van der Waals surface area contributed by atoms with Crippen LogP contribution in [0.4, 0.5) is 5.69 Å². The largest absolute Gasteiger partial charge is 0.364 e. The summed E-state index contributed by atoms with van der Waals surface area (Å²) >= 11 is 6.64. The first-order chi connectivity index (χ1) is 7.29. The van der Waals surface area contributed by atoms with Crippen LogP contribution < -0.4 is 10.6 Å². The van der Waals surface area contributed by atoms with E-state index in [2.05, 4.69) is 21.7 Å². The van der Waals surface area contributed by atoms with Crippen molar-refractivity contribution >= 4 is 39.9 Å². The molecule has 0 radical (unpaired) electrons. The topological polar surface area (TPSA) is 36.4 Å². The van der Waals surface area contributed by atoms with Gasteiger partial charge in [0, 0.05) is 18.5 Å². The minimum absolute atomic E-state index is 0.504. The van der Waals surface area contributed by atoms with Crippen molar-refractivity contribution in [2.75, 3.05) is 12.4 Å². The molecule has 0 fully saturated rings. The molecule has 3 nitrogen and oxygen atoms in total. The molecule has 0 saturated carbocycles. The van der Waals surface area contributed by atoms with Crippen LogP contribution in [0.3, 0.4) is 0 Å². The monoisotopic (exact) mass is 237 g/mol. The average molecular weight is 237 g/mol. The van der Waals surface area contributed by atoms with E-state index in [1.807, 2.05) is 18.2 Å². The Morgan fingerprint density at radius 1 is 1.53 bits per heavy atom. The van der Waals surface area contributed by atoms with Gasteiger partial charge in [-0.25, -0.2) is 0 Å². The van der Waals surface area contributed by atoms with Gasteiger partial charge in [0.1, 0.15) is 0 Å². The molecule has 0 amide bonds. The number of anilines is 1. The van der Waals surface area contributed by atoms with Crippen LogP contribution in [0.15, 0.2) is 29.3 Å². The second-order valence-electron chi connectivity index (χ2n) is 3.04. The van der Waals surface area contributed by atoms with Crippen molar-refractivity contribution in [1.29, 1.82) is 0 Å². The van der Waals surface area contributed by atoms with Crippen LogP contribution in [0.2, 0.25) is 0 Å². The number of aliphatic imine (C=N–C) groups is 1. The van der Waals surface area contributed by atoms with Gasteiger partial charge >= 0.3 is 0 Å². The second kappa shape index (κ2) is 4.63. The normalized spacial score (nSPS) is 16.7. The van der Waals surface area contributed by atoms with Crippen LogP contribution >= 0.6 is 24.0 Å². The van der Waals surface area contributed by atoms with Crippen molar-refractivity contribution in [2.45, 2.75) is 5.75 Å². The highest BCUT2D eigenvalue weighted by Crippen LogP contribution is 2.27. The smallest absolute Gasteiger partial charge is 0.194 e. The predicted molar refractivity (Wildman–Crippen MR) is 70.5 cm³/mol. The Labute approximate surface area is 98.4 Å². The number of fused-ring (bicyclic) bond motifs is 1. The number of thiocarbonyl (C=S) groups is 1. The predicted octanol–water partition coefficient (Wildman–Crippen LogP) is 2.21. The number of nitrogens with one attached hydrogen (secondary N) is 2. The minimum Gasteiger partial charge on any atom is -0.364 e. The van der Waals surface area contributed by atoms with Gasteiger partial charge in [0.15, 0.2) is 10.3 Å². The summed E-state index contributed by atoms with van der Waals surface area (Å²) in [5.41, 5.74) is 2.42. The standard InChI is InChI=1S/C10H11N3S2/c1-11-9(14)13-10-12-8-5-3-2-4-7(8)6-15-10/h2-5H,6H2,1H3,(H2,11,12,13,14). The maximum Gasteiger partial charge on any atom is 0.194 e. The summed E-state index contributed by atoms with van der Waals surface area (Å²) in [5, 5.41) is 7.43. The lowest BCUT2D eigenvalue weighted by molar-refractivity contribution is 1.18. The fourth-order valence-electron chi connectivity index (χ4n) is 1.27. The Balaban J connectivity index is 2.19. The van der Waals surface area contributed by atoms with E-state index >= 15 is 0 Å². The van der Waals surface area contributed by atoms with Crippen LogP contribution in [0.25, 0.3) is 0 Å². The summed E-state index contributed by atoms with van der Waals surface area (Å²) in [6.45, 7) is 0. The second-order valence-corrected chi connectivity index (χ2v) is 4.39. The molecule has 0 spiro atoms. The fourth-order valence-corrected chi connectivity index (χ4v) is 2.30. The molecule has 2 rings (SSSR count). The van der Waals surface area contributed by atoms with Crippen LogP contribution in [-0.2, 0) is 5.75 Å². The van der Waals surface area contributed by atoms with E-state index in [1.54, 1.807) is 18.8 Å². The Morgan fingerprint density at radius 2 is 2.33 bits per heavy atom. The fraction of sp³-hybridized carbons (Fsp3) is 0.200. The summed E-state index contributed by atoms with van der Waals surface area (Å²) in [4.78, 5) is 4.24. The summed E-state index contributed by atoms with van der Waals surface area (Å²) in [7, 11) is 1.77. The van der Waals surface area contributed by atoms with Gasteiger partial charge in [0.05, 0.1) is 0 Å². The Bertz CT molecular complexity index is 415. The summed E-state index contributed by atoms with van der Waals surface area (Å²) in [6.07, 6.45) is 0. The molecule has 0 aromatic heterocycles. The van der Waals surface area contributed by atoms with Gasteiger partial charge < -0.3 is 10.6 Å². The van der Waals surface area contributed by atoms with Crippen molar-refractivity contribution < 1.29 is 0 Å². The van der Waals surface area contributed by atoms with E-state index in [0.29, 0.717) is 5.11 Å². The Hall–Kier alpha value is -1.07. The number of rotatable bonds is 0. The number of hydrogen-bond acceptors (Lipinski definition) is 2. The van der Waals surface area contributed by atoms with Gasteiger partial charge in [0.2, 0.25) is 0 Å². The molecule has 1 aliphatic rings. The van der Waals surface area contributed by atoms with Gasteiger partial charge in [-0.1, -0.05) is 30.0 Å². The third kappa shape index (κ3) is 2.49. The number of benzene rings is 1. The quantitative estimate of drug-likeness (QED) is 0.678. The lowest BCUT2D eigenvalue weighted by Gasteiger charge is -2.18. The van der Waals surface area contributed by atoms with Gasteiger partial charge in [-0.2, -0.15) is 4.99 Å². The van der Waals surface area contributed by atoms with Crippen molar-refractivity contribution in [3.05, 3.63) is 29.8 Å². The molecule has 1 aromatic rings. The molecule has 1 aliphatic heterocycles. The molecule has 0 unspecified atom stereocenters. The molecule has 78 valence electrons. The first kappa shape index (κ1) is 10.4. The molecule has 1 aromatic carbocycles. The summed E-state index contributed by atoms with van der Waals surface area (Å²) < 4.78 is 0. The Morgan fingerprint density at radius 3 is 3.13 bits per heavy atom. The SMILES string of the molecule is CNC(=S)N=C1Nc2ccccc2CS1. The number of hydrogen-bond donors (Lipinski definition) is 2. The van der Waals surface area contributed by atoms with Crippen LogP contribution in [-0.4, -0.2) is 17.3 Å². The van der Waals surface area contributed by atoms with E-state index in [1.165, 1.54) is 5.56 Å². The van der Waals surface area contributed by atoms with Crippen LogP contribution in [0, 0.1) is 0 Å².